The molecule has 0 spiro atoms. The summed E-state index contributed by atoms with van der Waals surface area (Å²) in [5, 5.41) is 0. The third-order valence-electron chi connectivity index (χ3n) is 13.3. The van der Waals surface area contributed by atoms with Crippen LogP contribution in [0.25, 0.3) is 0 Å². The van der Waals surface area contributed by atoms with E-state index < -0.39 is 6.10 Å². The summed E-state index contributed by atoms with van der Waals surface area (Å²) < 4.78 is 24.9. The molecule has 4 aliphatic rings. The molecule has 0 saturated heterocycles. The molecule has 0 heterocycles. The third-order valence-corrected chi connectivity index (χ3v) is 13.3. The van der Waals surface area contributed by atoms with Crippen LogP contribution in [-0.4, -0.2) is 42.6 Å². The molecule has 0 bridgehead atoms. The van der Waals surface area contributed by atoms with E-state index in [2.05, 4.69) is 62.4 Å². The van der Waals surface area contributed by atoms with E-state index in [0.717, 1.165) is 50.5 Å². The van der Waals surface area contributed by atoms with Gasteiger partial charge in [0.2, 0.25) is 0 Å². The van der Waals surface area contributed by atoms with Gasteiger partial charge in [-0.15, -0.1) is 0 Å². The van der Waals surface area contributed by atoms with Crippen LogP contribution in [0.1, 0.15) is 104 Å². The van der Waals surface area contributed by atoms with E-state index >= 15 is 0 Å². The first-order chi connectivity index (χ1) is 24.0. The van der Waals surface area contributed by atoms with Crippen molar-refractivity contribution in [2.75, 3.05) is 6.61 Å². The Labute approximate surface area is 299 Å². The van der Waals surface area contributed by atoms with Crippen molar-refractivity contribution in [3.63, 3.8) is 0 Å². The van der Waals surface area contributed by atoms with Gasteiger partial charge < -0.3 is 18.9 Å². The first-order valence-corrected chi connectivity index (χ1v) is 19.1. The summed E-state index contributed by atoms with van der Waals surface area (Å²) in [6, 6.07) is 20.9. The quantitative estimate of drug-likeness (QED) is 0.195. The summed E-state index contributed by atoms with van der Waals surface area (Å²) in [7, 11) is 0. The summed E-state index contributed by atoms with van der Waals surface area (Å²) >= 11 is 0. The van der Waals surface area contributed by atoms with E-state index in [1.807, 2.05) is 19.1 Å². The number of benzene rings is 2. The zero-order valence-corrected chi connectivity index (χ0v) is 30.8. The molecule has 0 unspecified atom stereocenters. The van der Waals surface area contributed by atoms with Crippen LogP contribution in [0.4, 0.5) is 0 Å². The predicted molar refractivity (Wildman–Crippen MR) is 192 cm³/mol. The van der Waals surface area contributed by atoms with Crippen LogP contribution in [0.5, 0.6) is 0 Å². The molecular weight excluding hydrogens is 628 g/mol. The van der Waals surface area contributed by atoms with Gasteiger partial charge in [-0.2, -0.15) is 0 Å². The van der Waals surface area contributed by atoms with Crippen LogP contribution in [0.15, 0.2) is 60.7 Å². The predicted octanol–water partition coefficient (Wildman–Crippen LogP) is 8.52. The van der Waals surface area contributed by atoms with Crippen molar-refractivity contribution in [2.24, 2.45) is 46.3 Å². The molecule has 4 fully saturated rings. The highest BCUT2D eigenvalue weighted by Crippen LogP contribution is 2.68. The lowest BCUT2D eigenvalue weighted by molar-refractivity contribution is -0.199. The highest BCUT2D eigenvalue weighted by atomic mass is 16.5. The molecule has 0 radical (unpaired) electrons. The Balaban J connectivity index is 1.21. The molecule has 2 aromatic carbocycles. The lowest BCUT2D eigenvalue weighted by Crippen LogP contribution is -2.60. The molecule has 4 aliphatic carbocycles. The Morgan fingerprint density at radius 1 is 0.820 bits per heavy atom. The average molecular weight is 687 g/mol. The molecule has 0 aromatic heterocycles. The highest BCUT2D eigenvalue weighted by molar-refractivity contribution is 5.81. The Kier molecular flexibility index (Phi) is 11.5. The fourth-order valence-electron chi connectivity index (χ4n) is 11.0. The summed E-state index contributed by atoms with van der Waals surface area (Å²) in [4.78, 5) is 38.1. The zero-order valence-electron chi connectivity index (χ0n) is 30.8. The molecule has 4 saturated carbocycles. The van der Waals surface area contributed by atoms with E-state index in [9.17, 15) is 14.4 Å². The van der Waals surface area contributed by atoms with Crippen LogP contribution in [0.3, 0.4) is 0 Å². The third kappa shape index (κ3) is 7.89. The van der Waals surface area contributed by atoms with Crippen molar-refractivity contribution in [1.82, 2.24) is 0 Å². The van der Waals surface area contributed by atoms with Gasteiger partial charge in [-0.05, 0) is 110 Å². The van der Waals surface area contributed by atoms with Crippen LogP contribution in [0, 0.1) is 46.3 Å². The second-order valence-electron chi connectivity index (χ2n) is 16.6. The average Bonchev–Trinajstić information content (AvgIpc) is 3.39. The van der Waals surface area contributed by atoms with E-state index in [0.29, 0.717) is 37.4 Å². The number of carbonyl (C=O) groups excluding carboxylic acids is 3. The molecule has 2 aromatic rings. The van der Waals surface area contributed by atoms with Gasteiger partial charge in [-0.25, -0.2) is 0 Å². The largest absolute Gasteiger partial charge is 0.466 e. The monoisotopic (exact) mass is 686 g/mol. The number of Topliss-reactive ketones (excluding diaryl/α,β-unsaturated/α-hetero) is 1. The number of carbonyl (C=O) groups is 3. The minimum atomic E-state index is -0.431. The normalized spacial score (nSPS) is 35.2. The van der Waals surface area contributed by atoms with Crippen molar-refractivity contribution in [2.45, 2.75) is 124 Å². The lowest BCUT2D eigenvalue weighted by atomic mass is 9.43. The maximum Gasteiger partial charge on any atom is 0.306 e. The Hall–Kier alpha value is -3.03. The van der Waals surface area contributed by atoms with Gasteiger partial charge in [-0.3, -0.25) is 14.4 Å². The van der Waals surface area contributed by atoms with E-state index in [1.165, 1.54) is 12.5 Å². The van der Waals surface area contributed by atoms with Crippen molar-refractivity contribution >= 4 is 17.7 Å². The number of ether oxygens (including phenoxy) is 4. The first kappa shape index (κ1) is 36.8. The smallest absolute Gasteiger partial charge is 0.306 e. The number of hydrogen-bond donors (Lipinski definition) is 0. The van der Waals surface area contributed by atoms with Gasteiger partial charge in [-0.1, -0.05) is 81.4 Å². The van der Waals surface area contributed by atoms with Gasteiger partial charge in [0.05, 0.1) is 37.9 Å². The molecule has 0 aliphatic heterocycles. The van der Waals surface area contributed by atoms with Crippen molar-refractivity contribution in [3.8, 4) is 0 Å². The Morgan fingerprint density at radius 2 is 1.48 bits per heavy atom. The minimum Gasteiger partial charge on any atom is -0.466 e. The molecule has 272 valence electrons. The van der Waals surface area contributed by atoms with Crippen molar-refractivity contribution < 1.29 is 33.3 Å². The van der Waals surface area contributed by atoms with Gasteiger partial charge in [0.25, 0.3) is 0 Å². The number of ketones is 1. The zero-order chi connectivity index (χ0) is 35.5. The second kappa shape index (κ2) is 15.7. The molecule has 7 heteroatoms. The number of hydrogen-bond acceptors (Lipinski definition) is 7. The van der Waals surface area contributed by atoms with E-state index in [-0.39, 0.29) is 71.5 Å². The number of esters is 2. The number of fused-ring (bicyclic) bond motifs is 5. The fraction of sp³-hybridized carbons (Fsp3) is 0.651. The molecular formula is C43H58O7. The maximum absolute atomic E-state index is 13.6. The Bertz CT molecular complexity index is 1460. The SMILES string of the molecule is CC(=O)OC[C@H](C)CCC(=O)O[C@H]1C[C@H]2[C@@H]3CC[C@H]4C[C@H](OCc5ccccc5)CC[C@]4(C)[C@H]3[C@@H](OCc3ccccc3)C[C@]2(C)[C@H]1C(C)=O. The summed E-state index contributed by atoms with van der Waals surface area (Å²) in [5.41, 5.74) is 2.17. The molecule has 0 amide bonds. The molecule has 11 atom stereocenters. The molecule has 7 nitrogen and oxygen atoms in total. The summed E-state index contributed by atoms with van der Waals surface area (Å²) in [6.45, 7) is 11.3. The second-order valence-corrected chi connectivity index (χ2v) is 16.6. The molecule has 0 N–H and O–H groups in total. The van der Waals surface area contributed by atoms with Gasteiger partial charge in [0, 0.05) is 13.3 Å². The van der Waals surface area contributed by atoms with Gasteiger partial charge in [0.15, 0.2) is 0 Å². The minimum absolute atomic E-state index is 0.00877. The van der Waals surface area contributed by atoms with Gasteiger partial charge >= 0.3 is 11.9 Å². The first-order valence-electron chi connectivity index (χ1n) is 19.1. The van der Waals surface area contributed by atoms with Crippen molar-refractivity contribution in [1.29, 1.82) is 0 Å². The highest BCUT2D eigenvalue weighted by Gasteiger charge is 2.67. The molecule has 6 rings (SSSR count). The van der Waals surface area contributed by atoms with Crippen LogP contribution in [-0.2, 0) is 46.5 Å². The van der Waals surface area contributed by atoms with Gasteiger partial charge in [0.1, 0.15) is 11.9 Å². The fourth-order valence-corrected chi connectivity index (χ4v) is 11.0. The van der Waals surface area contributed by atoms with E-state index in [1.54, 1.807) is 6.92 Å². The Morgan fingerprint density at radius 3 is 2.12 bits per heavy atom. The van der Waals surface area contributed by atoms with E-state index in [4.69, 9.17) is 18.9 Å². The van der Waals surface area contributed by atoms with Crippen molar-refractivity contribution in [3.05, 3.63) is 71.8 Å². The van der Waals surface area contributed by atoms with Crippen LogP contribution < -0.4 is 0 Å². The standard InChI is InChI=1S/C43H58O7/c1-28(25-47-30(3)45)16-19-39(46)50-37-23-36-35-18-17-33-22-34(48-26-31-12-8-6-9-13-31)20-21-42(33,4)41(35)38(24-43(36,5)40(37)29(2)44)49-27-32-14-10-7-11-15-32/h6-15,28,33-38,40-41H,16-27H2,1-5H3/t28-,33+,34-,35+,36+,37+,38+,40+,41-,42+,43+/m1/s1. The molecule has 50 heavy (non-hydrogen) atoms. The lowest BCUT2D eigenvalue weighted by Gasteiger charge is -2.63. The topological polar surface area (TPSA) is 88.1 Å². The summed E-state index contributed by atoms with van der Waals surface area (Å²) in [6.07, 6.45) is 7.64. The maximum atomic E-state index is 13.6. The summed E-state index contributed by atoms with van der Waals surface area (Å²) in [5.74, 6) is 0.810. The van der Waals surface area contributed by atoms with Crippen LogP contribution in [0.2, 0.25) is 0 Å². The van der Waals surface area contributed by atoms with Crippen LogP contribution >= 0.6 is 0 Å². The number of rotatable bonds is 13.